The Morgan fingerprint density at radius 1 is 0.0982 bits per heavy atom. The molecule has 24 aromatic carbocycles. The third kappa shape index (κ3) is 10.5. The van der Waals surface area contributed by atoms with Gasteiger partial charge in [-0.15, -0.1) is 0 Å². The van der Waals surface area contributed by atoms with E-state index in [9.17, 15) is 0 Å². The molecule has 0 fully saturated rings. The van der Waals surface area contributed by atoms with E-state index in [2.05, 4.69) is 425 Å². The molecule has 0 nitrogen and oxygen atoms in total. The van der Waals surface area contributed by atoms with Crippen LogP contribution in [0.3, 0.4) is 0 Å². The van der Waals surface area contributed by atoms with Gasteiger partial charge in [-0.3, -0.25) is 0 Å². The standard InChI is InChI=1S/C42H26.C36H22.C34H22/c1-3-15-29-27(13-1)25-39(33-19-7-5-17-31(29)33)41-35-21-9-11-23-37(35)42(38-24-12-10-22-36(38)41)40-26-28-14-2-4-16-30(28)32-18-6-8-20-34(32)40;1-2-9-23(10-3-1)34-27-13-4-6-15-29(27)36(30-16-7-5-14-28(30)34)32-22-20-26-18-17-24-11-8-12-25-19-21-31(32)35(26)33(24)25;1-3-11-25-21-27(19-17-23(25)9-1)33-29-13-5-7-15-31(29)34(32-16-8-6-14-30(32)33)28-20-18-24-10-2-4-12-26(24)22-28/h1-26H;1-22H;1-22H. The zero-order valence-corrected chi connectivity index (χ0v) is 61.4. The highest BCUT2D eigenvalue weighted by Gasteiger charge is 2.24. The van der Waals surface area contributed by atoms with E-state index in [1.54, 1.807) is 0 Å². The van der Waals surface area contributed by atoms with Crippen molar-refractivity contribution in [3.05, 3.63) is 425 Å². The summed E-state index contributed by atoms with van der Waals surface area (Å²) in [6.07, 6.45) is 0. The van der Waals surface area contributed by atoms with E-state index < -0.39 is 0 Å². The lowest BCUT2D eigenvalue weighted by Crippen LogP contribution is -1.93. The van der Waals surface area contributed by atoms with E-state index in [1.807, 2.05) is 0 Å². The lowest BCUT2D eigenvalue weighted by Gasteiger charge is -2.21. The molecule has 0 spiro atoms. The summed E-state index contributed by atoms with van der Waals surface area (Å²) in [5.41, 5.74) is 15.5. The third-order valence-corrected chi connectivity index (χ3v) is 23.8. The van der Waals surface area contributed by atoms with Gasteiger partial charge in [0, 0.05) is 0 Å². The summed E-state index contributed by atoms with van der Waals surface area (Å²) in [5, 5.41) is 38.8. The van der Waals surface area contributed by atoms with Crippen LogP contribution in [0, 0.1) is 0 Å². The van der Waals surface area contributed by atoms with Crippen LogP contribution < -0.4 is 0 Å². The number of fused-ring (bicyclic) bond motifs is 14. The lowest BCUT2D eigenvalue weighted by molar-refractivity contribution is 1.67. The minimum atomic E-state index is 1.26. The van der Waals surface area contributed by atoms with Crippen LogP contribution in [0.5, 0.6) is 0 Å². The minimum Gasteiger partial charge on any atom is -0.0622 e. The summed E-state index contributed by atoms with van der Waals surface area (Å²) < 4.78 is 0. The number of rotatable bonds is 6. The molecule has 0 saturated heterocycles. The van der Waals surface area contributed by atoms with Crippen molar-refractivity contribution in [2.45, 2.75) is 0 Å². The van der Waals surface area contributed by atoms with Crippen molar-refractivity contribution in [1.82, 2.24) is 0 Å². The molecular formula is C112H70. The first-order chi connectivity index (χ1) is 55.6. The van der Waals surface area contributed by atoms with Crippen LogP contribution in [0.15, 0.2) is 425 Å². The fraction of sp³-hybridized carbons (Fsp3) is 0. The first-order valence-corrected chi connectivity index (χ1v) is 38.9. The molecule has 0 atom stereocenters. The average Bonchev–Trinajstić information content (AvgIpc) is 0.725. The second-order valence-corrected chi connectivity index (χ2v) is 29.9. The van der Waals surface area contributed by atoms with Crippen LogP contribution in [0.4, 0.5) is 0 Å². The molecule has 24 rings (SSSR count). The maximum Gasteiger partial charge on any atom is -0.00199 e. The Bertz CT molecular complexity index is 7440. The first-order valence-electron chi connectivity index (χ1n) is 38.9. The quantitative estimate of drug-likeness (QED) is 0.115. The average molecular weight is 1420 g/mol. The van der Waals surface area contributed by atoms with Crippen molar-refractivity contribution >= 4 is 162 Å². The number of hydrogen-bond acceptors (Lipinski definition) is 0. The SMILES string of the molecule is c1ccc(-c2c3ccccc3c(-c3ccc4ccc5cccc6ccc3c4c56)c3ccccc23)cc1.c1ccc2c(c1)cc(-c1c3ccccc3c(-c3cc4ccccc4c4ccccc34)c3ccccc13)c1ccccc12.c1ccc2cc(-c3c4ccccc4c(-c4ccc5ccccc5c4)c4ccccc34)ccc2c1. The molecule has 0 unspecified atom stereocenters. The molecular weight excluding hydrogens is 1350 g/mol. The Labute approximate surface area is 648 Å². The monoisotopic (exact) mass is 1410 g/mol. The van der Waals surface area contributed by atoms with Gasteiger partial charge in [0.2, 0.25) is 0 Å². The van der Waals surface area contributed by atoms with Crippen LogP contribution in [0.2, 0.25) is 0 Å². The van der Waals surface area contributed by atoms with Crippen molar-refractivity contribution in [3.63, 3.8) is 0 Å². The highest BCUT2D eigenvalue weighted by molar-refractivity contribution is 6.32. The lowest BCUT2D eigenvalue weighted by atomic mass is 9.82. The summed E-state index contributed by atoms with van der Waals surface area (Å²) in [6.45, 7) is 0. The Morgan fingerprint density at radius 3 is 0.750 bits per heavy atom. The summed E-state index contributed by atoms with van der Waals surface area (Å²) in [5.74, 6) is 0. The van der Waals surface area contributed by atoms with Crippen LogP contribution >= 0.6 is 0 Å². The molecule has 0 aliphatic carbocycles. The van der Waals surface area contributed by atoms with E-state index in [-0.39, 0.29) is 0 Å². The van der Waals surface area contributed by atoms with Crippen LogP contribution in [-0.2, 0) is 0 Å². The molecule has 0 radical (unpaired) electrons. The van der Waals surface area contributed by atoms with Gasteiger partial charge in [-0.25, -0.2) is 0 Å². The molecule has 0 amide bonds. The first kappa shape index (κ1) is 64.6. The molecule has 0 aliphatic rings. The molecule has 0 aliphatic heterocycles. The maximum absolute atomic E-state index is 2.40. The molecule has 112 heavy (non-hydrogen) atoms. The predicted molar refractivity (Wildman–Crippen MR) is 486 cm³/mol. The highest BCUT2D eigenvalue weighted by Crippen LogP contribution is 2.52. The number of benzene rings is 24. The van der Waals surface area contributed by atoms with Gasteiger partial charge in [0.15, 0.2) is 0 Å². The maximum atomic E-state index is 2.40. The van der Waals surface area contributed by atoms with Gasteiger partial charge >= 0.3 is 0 Å². The number of hydrogen-bond donors (Lipinski definition) is 0. The van der Waals surface area contributed by atoms with E-state index >= 15 is 0 Å². The molecule has 0 saturated carbocycles. The van der Waals surface area contributed by atoms with Gasteiger partial charge < -0.3 is 0 Å². The summed E-state index contributed by atoms with van der Waals surface area (Å²) in [6, 6.07) is 156. The van der Waals surface area contributed by atoms with Crippen molar-refractivity contribution in [2.24, 2.45) is 0 Å². The second kappa shape index (κ2) is 26.7. The predicted octanol–water partition coefficient (Wildman–Crippen LogP) is 31.8. The zero-order chi connectivity index (χ0) is 73.7. The van der Waals surface area contributed by atoms with Crippen molar-refractivity contribution < 1.29 is 0 Å². The van der Waals surface area contributed by atoms with Crippen molar-refractivity contribution in [1.29, 1.82) is 0 Å². The smallest absolute Gasteiger partial charge is 0.00199 e. The van der Waals surface area contributed by atoms with Crippen LogP contribution in [-0.4, -0.2) is 0 Å². The molecule has 0 heterocycles. The summed E-state index contributed by atoms with van der Waals surface area (Å²) >= 11 is 0. The van der Waals surface area contributed by atoms with Gasteiger partial charge in [0.1, 0.15) is 0 Å². The third-order valence-electron chi connectivity index (χ3n) is 23.8. The Kier molecular flexibility index (Phi) is 15.4. The van der Waals surface area contributed by atoms with E-state index in [0.29, 0.717) is 0 Å². The van der Waals surface area contributed by atoms with Gasteiger partial charge in [0.05, 0.1) is 0 Å². The van der Waals surface area contributed by atoms with Gasteiger partial charge in [-0.1, -0.05) is 400 Å². The normalized spacial score (nSPS) is 11.8. The van der Waals surface area contributed by atoms with E-state index in [0.717, 1.165) is 0 Å². The van der Waals surface area contributed by atoms with Crippen molar-refractivity contribution in [3.8, 4) is 66.8 Å². The highest BCUT2D eigenvalue weighted by atomic mass is 14.3. The van der Waals surface area contributed by atoms with Crippen LogP contribution in [0.1, 0.15) is 0 Å². The van der Waals surface area contributed by atoms with Gasteiger partial charge in [-0.2, -0.15) is 0 Å². The Hall–Kier alpha value is -14.6. The molecule has 518 valence electrons. The molecule has 0 bridgehead atoms. The second-order valence-electron chi connectivity index (χ2n) is 29.9. The molecule has 0 heteroatoms. The molecule has 0 aromatic heterocycles. The largest absolute Gasteiger partial charge is 0.0622 e. The fourth-order valence-corrected chi connectivity index (χ4v) is 19.0. The molecule has 0 N–H and O–H groups in total. The summed E-state index contributed by atoms with van der Waals surface area (Å²) in [4.78, 5) is 0. The van der Waals surface area contributed by atoms with E-state index in [1.165, 1.54) is 228 Å². The van der Waals surface area contributed by atoms with E-state index in [4.69, 9.17) is 0 Å². The summed E-state index contributed by atoms with van der Waals surface area (Å²) in [7, 11) is 0. The Balaban J connectivity index is 0.000000104. The Morgan fingerprint density at radius 2 is 0.357 bits per heavy atom. The fourth-order valence-electron chi connectivity index (χ4n) is 19.0. The minimum absolute atomic E-state index is 1.26. The zero-order valence-electron chi connectivity index (χ0n) is 61.4. The van der Waals surface area contributed by atoms with Gasteiger partial charge in [0.25, 0.3) is 0 Å². The topological polar surface area (TPSA) is 0 Å². The van der Waals surface area contributed by atoms with Gasteiger partial charge in [-0.05, 0) is 253 Å². The van der Waals surface area contributed by atoms with Crippen LogP contribution in [0.25, 0.3) is 228 Å². The molecule has 24 aromatic rings. The van der Waals surface area contributed by atoms with Crippen molar-refractivity contribution in [2.75, 3.05) is 0 Å².